The summed E-state index contributed by atoms with van der Waals surface area (Å²) in [4.78, 5) is 25.9. The molecule has 22 heavy (non-hydrogen) atoms. The molecule has 4 nitrogen and oxygen atoms in total. The number of aliphatic hydroxyl groups excluding tert-OH is 1. The van der Waals surface area contributed by atoms with Crippen molar-refractivity contribution in [2.75, 3.05) is 13.2 Å². The normalized spacial score (nSPS) is 15.4. The third-order valence-corrected chi connectivity index (χ3v) is 3.90. The quantitative estimate of drug-likeness (QED) is 0.906. The standard InChI is InChI=1S/C18H21NO3/c1-12-6-4-5-7-15(12)18-16(13(2)21)10-19(8-9-20)11-17(18)14(3)22/h4-7,10-11,18,20H,8-9H2,1-3H3. The van der Waals surface area contributed by atoms with Gasteiger partial charge in [0.15, 0.2) is 11.6 Å². The summed E-state index contributed by atoms with van der Waals surface area (Å²) >= 11 is 0. The van der Waals surface area contributed by atoms with E-state index in [0.29, 0.717) is 17.7 Å². The van der Waals surface area contributed by atoms with E-state index < -0.39 is 0 Å². The first-order valence-corrected chi connectivity index (χ1v) is 7.33. The number of allylic oxidation sites excluding steroid dienone is 2. The molecule has 0 saturated heterocycles. The highest BCUT2D eigenvalue weighted by Gasteiger charge is 2.31. The molecule has 2 rings (SSSR count). The molecule has 0 atom stereocenters. The maximum atomic E-state index is 12.1. The molecule has 0 unspecified atom stereocenters. The number of β-amino-alcohol motifs (C(OH)–C–C–N with tert-alkyl or cyclic N) is 1. The van der Waals surface area contributed by atoms with Crippen LogP contribution in [-0.4, -0.2) is 34.7 Å². The van der Waals surface area contributed by atoms with Gasteiger partial charge in [-0.2, -0.15) is 0 Å². The van der Waals surface area contributed by atoms with Crippen molar-refractivity contribution >= 4 is 11.6 Å². The number of hydrogen-bond donors (Lipinski definition) is 1. The third kappa shape index (κ3) is 3.17. The van der Waals surface area contributed by atoms with Gasteiger partial charge in [-0.1, -0.05) is 24.3 Å². The van der Waals surface area contributed by atoms with Crippen molar-refractivity contribution in [2.24, 2.45) is 0 Å². The number of carbonyl (C=O) groups excluding carboxylic acids is 2. The predicted molar refractivity (Wildman–Crippen MR) is 85.2 cm³/mol. The molecule has 0 radical (unpaired) electrons. The Morgan fingerprint density at radius 2 is 1.64 bits per heavy atom. The average Bonchev–Trinajstić information content (AvgIpc) is 2.47. The first kappa shape index (κ1) is 16.2. The number of carbonyl (C=O) groups is 2. The molecule has 1 aromatic carbocycles. The van der Waals surface area contributed by atoms with E-state index in [0.717, 1.165) is 11.1 Å². The molecule has 0 bridgehead atoms. The molecule has 0 saturated carbocycles. The van der Waals surface area contributed by atoms with Crippen molar-refractivity contribution < 1.29 is 14.7 Å². The summed E-state index contributed by atoms with van der Waals surface area (Å²) in [5.41, 5.74) is 3.17. The number of ketones is 2. The molecule has 0 amide bonds. The number of Topliss-reactive ketones (excluding diaryl/α,β-unsaturated/α-hetero) is 2. The van der Waals surface area contributed by atoms with E-state index in [1.165, 1.54) is 13.8 Å². The number of aryl methyl sites for hydroxylation is 1. The second kappa shape index (κ2) is 6.71. The highest BCUT2D eigenvalue weighted by Crippen LogP contribution is 2.37. The smallest absolute Gasteiger partial charge is 0.158 e. The molecular formula is C18H21NO3. The van der Waals surface area contributed by atoms with Gasteiger partial charge in [-0.25, -0.2) is 0 Å². The van der Waals surface area contributed by atoms with E-state index in [4.69, 9.17) is 5.11 Å². The van der Waals surface area contributed by atoms with Crippen LogP contribution in [0.4, 0.5) is 0 Å². The van der Waals surface area contributed by atoms with Crippen molar-refractivity contribution in [1.82, 2.24) is 4.90 Å². The van der Waals surface area contributed by atoms with Crippen LogP contribution in [-0.2, 0) is 9.59 Å². The second-order valence-corrected chi connectivity index (χ2v) is 5.53. The van der Waals surface area contributed by atoms with E-state index in [1.54, 1.807) is 17.3 Å². The number of benzene rings is 1. The summed E-state index contributed by atoms with van der Waals surface area (Å²) < 4.78 is 0. The fraction of sp³-hybridized carbons (Fsp3) is 0.333. The maximum absolute atomic E-state index is 12.1. The zero-order valence-corrected chi connectivity index (χ0v) is 13.2. The van der Waals surface area contributed by atoms with Crippen LogP contribution < -0.4 is 0 Å². The zero-order chi connectivity index (χ0) is 16.3. The maximum Gasteiger partial charge on any atom is 0.158 e. The lowest BCUT2D eigenvalue weighted by molar-refractivity contribution is -0.114. The van der Waals surface area contributed by atoms with Crippen LogP contribution in [0.5, 0.6) is 0 Å². The van der Waals surface area contributed by atoms with Crippen LogP contribution in [0.1, 0.15) is 30.9 Å². The fourth-order valence-corrected chi connectivity index (χ4v) is 2.79. The Morgan fingerprint density at radius 1 is 1.09 bits per heavy atom. The number of hydrogen-bond acceptors (Lipinski definition) is 4. The van der Waals surface area contributed by atoms with Crippen LogP contribution in [0.15, 0.2) is 47.8 Å². The minimum Gasteiger partial charge on any atom is -0.395 e. The first-order chi connectivity index (χ1) is 10.5. The van der Waals surface area contributed by atoms with Crippen molar-refractivity contribution in [2.45, 2.75) is 26.7 Å². The van der Waals surface area contributed by atoms with Gasteiger partial charge in [0.1, 0.15) is 0 Å². The molecule has 1 aromatic rings. The minimum absolute atomic E-state index is 0.0433. The number of rotatable bonds is 5. The van der Waals surface area contributed by atoms with E-state index in [-0.39, 0.29) is 24.1 Å². The molecule has 4 heteroatoms. The minimum atomic E-state index is -0.342. The van der Waals surface area contributed by atoms with Crippen LogP contribution in [0.3, 0.4) is 0 Å². The van der Waals surface area contributed by atoms with Crippen molar-refractivity contribution in [3.63, 3.8) is 0 Å². The highest BCUT2D eigenvalue weighted by molar-refractivity contribution is 6.02. The Balaban J connectivity index is 2.59. The number of aliphatic hydroxyl groups is 1. The lowest BCUT2D eigenvalue weighted by Crippen LogP contribution is -2.28. The van der Waals surface area contributed by atoms with Crippen LogP contribution in [0, 0.1) is 6.92 Å². The number of nitrogens with zero attached hydrogens (tertiary/aromatic N) is 1. The van der Waals surface area contributed by atoms with Gasteiger partial charge in [0.05, 0.1) is 6.61 Å². The van der Waals surface area contributed by atoms with E-state index >= 15 is 0 Å². The fourth-order valence-electron chi connectivity index (χ4n) is 2.79. The summed E-state index contributed by atoms with van der Waals surface area (Å²) in [5, 5.41) is 9.13. The molecule has 0 aromatic heterocycles. The molecule has 0 aliphatic carbocycles. The Kier molecular flexibility index (Phi) is 4.93. The monoisotopic (exact) mass is 299 g/mol. The summed E-state index contributed by atoms with van der Waals surface area (Å²) in [6.07, 6.45) is 3.48. The molecule has 1 aliphatic rings. The van der Waals surface area contributed by atoms with E-state index in [1.807, 2.05) is 31.2 Å². The van der Waals surface area contributed by atoms with Crippen LogP contribution >= 0.6 is 0 Å². The van der Waals surface area contributed by atoms with Gasteiger partial charge >= 0.3 is 0 Å². The molecule has 0 spiro atoms. The Morgan fingerprint density at radius 3 is 2.09 bits per heavy atom. The average molecular weight is 299 g/mol. The second-order valence-electron chi connectivity index (χ2n) is 5.53. The van der Waals surface area contributed by atoms with Gasteiger partial charge in [-0.05, 0) is 31.9 Å². The van der Waals surface area contributed by atoms with Crippen molar-refractivity contribution in [1.29, 1.82) is 0 Å². The van der Waals surface area contributed by atoms with Gasteiger partial charge in [-0.3, -0.25) is 9.59 Å². The summed E-state index contributed by atoms with van der Waals surface area (Å²) in [7, 11) is 0. The van der Waals surface area contributed by atoms with Gasteiger partial charge in [-0.15, -0.1) is 0 Å². The molecule has 116 valence electrons. The zero-order valence-electron chi connectivity index (χ0n) is 13.2. The van der Waals surface area contributed by atoms with Crippen molar-refractivity contribution in [3.05, 3.63) is 58.9 Å². The third-order valence-electron chi connectivity index (χ3n) is 3.90. The molecule has 1 heterocycles. The Labute approximate surface area is 130 Å². The molecular weight excluding hydrogens is 278 g/mol. The predicted octanol–water partition coefficient (Wildman–Crippen LogP) is 2.33. The van der Waals surface area contributed by atoms with Crippen molar-refractivity contribution in [3.8, 4) is 0 Å². The van der Waals surface area contributed by atoms with Gasteiger partial charge in [0.25, 0.3) is 0 Å². The summed E-state index contributed by atoms with van der Waals surface area (Å²) in [6, 6.07) is 7.78. The SMILES string of the molecule is CC(=O)C1=CN(CCO)C=C(C(C)=O)C1c1ccccc1C. The molecule has 1 aliphatic heterocycles. The van der Waals surface area contributed by atoms with Gasteiger partial charge in [0.2, 0.25) is 0 Å². The summed E-state index contributed by atoms with van der Waals surface area (Å²) in [5.74, 6) is -0.475. The molecule has 0 fully saturated rings. The van der Waals surface area contributed by atoms with Crippen LogP contribution in [0.25, 0.3) is 0 Å². The topological polar surface area (TPSA) is 57.6 Å². The summed E-state index contributed by atoms with van der Waals surface area (Å²) in [6.45, 7) is 5.31. The lowest BCUT2D eigenvalue weighted by Gasteiger charge is -2.30. The van der Waals surface area contributed by atoms with E-state index in [9.17, 15) is 9.59 Å². The van der Waals surface area contributed by atoms with Crippen LogP contribution in [0.2, 0.25) is 0 Å². The Hall–Kier alpha value is -2.20. The van der Waals surface area contributed by atoms with Gasteiger partial charge < -0.3 is 10.0 Å². The highest BCUT2D eigenvalue weighted by atomic mass is 16.3. The first-order valence-electron chi connectivity index (χ1n) is 7.33. The largest absolute Gasteiger partial charge is 0.395 e. The lowest BCUT2D eigenvalue weighted by atomic mass is 9.79. The van der Waals surface area contributed by atoms with E-state index in [2.05, 4.69) is 0 Å². The van der Waals surface area contributed by atoms with Gasteiger partial charge in [0, 0.05) is 36.0 Å². The Bertz CT molecular complexity index is 626. The molecule has 1 N–H and O–H groups in total.